The van der Waals surface area contributed by atoms with Crippen LogP contribution in [0.5, 0.6) is 5.75 Å². The van der Waals surface area contributed by atoms with Crippen LogP contribution in [0.4, 0.5) is 10.5 Å². The molecule has 22 heavy (non-hydrogen) atoms. The highest BCUT2D eigenvalue weighted by atomic mass is 16.5. The highest BCUT2D eigenvalue weighted by Crippen LogP contribution is 2.41. The molecular formula is C17H23N3O2. The predicted molar refractivity (Wildman–Crippen MR) is 85.1 cm³/mol. The van der Waals surface area contributed by atoms with Crippen LogP contribution < -0.4 is 15.4 Å². The summed E-state index contributed by atoms with van der Waals surface area (Å²) in [7, 11) is 0. The fourth-order valence-electron chi connectivity index (χ4n) is 3.52. The number of hydrogen-bond donors (Lipinski definition) is 2. The Hall–Kier alpha value is -1.75. The Morgan fingerprint density at radius 3 is 3.05 bits per heavy atom. The first kappa shape index (κ1) is 13.9. The van der Waals surface area contributed by atoms with Gasteiger partial charge >= 0.3 is 6.03 Å². The molecular weight excluding hydrogens is 278 g/mol. The second kappa shape index (κ2) is 5.80. The quantitative estimate of drug-likeness (QED) is 0.882. The summed E-state index contributed by atoms with van der Waals surface area (Å²) in [4.78, 5) is 14.4. The molecule has 1 aliphatic carbocycles. The lowest BCUT2D eigenvalue weighted by Gasteiger charge is -2.18. The Labute approximate surface area is 131 Å². The lowest BCUT2D eigenvalue weighted by molar-refractivity contribution is 0.220. The molecule has 1 aromatic carbocycles. The van der Waals surface area contributed by atoms with Crippen molar-refractivity contribution in [3.05, 3.63) is 23.8 Å². The molecule has 2 fully saturated rings. The minimum Gasteiger partial charge on any atom is -0.492 e. The van der Waals surface area contributed by atoms with E-state index in [4.69, 9.17) is 4.74 Å². The van der Waals surface area contributed by atoms with Gasteiger partial charge in [0.05, 0.1) is 0 Å². The number of carbonyl (C=O) groups is 1. The number of benzene rings is 1. The first-order valence-electron chi connectivity index (χ1n) is 8.32. The van der Waals surface area contributed by atoms with E-state index in [9.17, 15) is 4.79 Å². The third kappa shape index (κ3) is 2.90. The number of ether oxygens (including phenoxy) is 1. The number of nitrogens with one attached hydrogen (secondary N) is 2. The molecule has 0 spiro atoms. The van der Waals surface area contributed by atoms with Crippen molar-refractivity contribution >= 4 is 11.7 Å². The average molecular weight is 301 g/mol. The van der Waals surface area contributed by atoms with Gasteiger partial charge in [-0.15, -0.1) is 0 Å². The van der Waals surface area contributed by atoms with Gasteiger partial charge in [0.15, 0.2) is 0 Å². The highest BCUT2D eigenvalue weighted by Gasteiger charge is 2.37. The van der Waals surface area contributed by atoms with E-state index in [0.29, 0.717) is 6.61 Å². The van der Waals surface area contributed by atoms with Crippen molar-refractivity contribution in [3.8, 4) is 5.75 Å². The molecule has 1 saturated carbocycles. The number of nitrogens with zero attached hydrogens (tertiary/aromatic N) is 1. The summed E-state index contributed by atoms with van der Waals surface area (Å²) in [5.41, 5.74) is 1.96. The molecule has 5 heteroatoms. The number of fused-ring (bicyclic) bond motifs is 1. The van der Waals surface area contributed by atoms with Crippen LogP contribution in [0, 0.1) is 11.8 Å². The van der Waals surface area contributed by atoms with Gasteiger partial charge in [0.25, 0.3) is 0 Å². The van der Waals surface area contributed by atoms with Gasteiger partial charge < -0.3 is 20.3 Å². The van der Waals surface area contributed by atoms with E-state index in [1.165, 1.54) is 19.3 Å². The van der Waals surface area contributed by atoms with Gasteiger partial charge in [-0.05, 0) is 49.3 Å². The number of carbonyl (C=O) groups excluding carboxylic acids is 1. The molecule has 0 radical (unpaired) electrons. The normalized spacial score (nSPS) is 24.4. The smallest absolute Gasteiger partial charge is 0.321 e. The Balaban J connectivity index is 1.40. The summed E-state index contributed by atoms with van der Waals surface area (Å²) in [6.07, 6.45) is 3.88. The lowest BCUT2D eigenvalue weighted by Crippen LogP contribution is -2.33. The summed E-state index contributed by atoms with van der Waals surface area (Å²) in [6, 6.07) is 5.93. The maximum absolute atomic E-state index is 12.4. The van der Waals surface area contributed by atoms with Crippen molar-refractivity contribution in [3.63, 3.8) is 0 Å². The molecule has 2 aliphatic heterocycles. The Morgan fingerprint density at radius 1 is 1.27 bits per heavy atom. The predicted octanol–water partition coefficient (Wildman–Crippen LogP) is 2.43. The van der Waals surface area contributed by atoms with Crippen LogP contribution >= 0.6 is 0 Å². The summed E-state index contributed by atoms with van der Waals surface area (Å²) < 4.78 is 5.67. The van der Waals surface area contributed by atoms with Crippen molar-refractivity contribution < 1.29 is 9.53 Å². The molecule has 2 heterocycles. The summed E-state index contributed by atoms with van der Waals surface area (Å²) in [6.45, 7) is 4.14. The van der Waals surface area contributed by atoms with E-state index < -0.39 is 0 Å². The minimum absolute atomic E-state index is 0.0330. The van der Waals surface area contributed by atoms with Crippen LogP contribution in [-0.4, -0.2) is 37.2 Å². The zero-order valence-corrected chi connectivity index (χ0v) is 12.8. The maximum Gasteiger partial charge on any atom is 0.321 e. The molecule has 3 aliphatic rings. The number of rotatable bonds is 2. The lowest BCUT2D eigenvalue weighted by atomic mass is 10.0. The van der Waals surface area contributed by atoms with Crippen molar-refractivity contribution in [2.24, 2.45) is 11.8 Å². The van der Waals surface area contributed by atoms with E-state index in [-0.39, 0.29) is 6.03 Å². The highest BCUT2D eigenvalue weighted by molar-refractivity contribution is 5.89. The molecule has 4 rings (SSSR count). The van der Waals surface area contributed by atoms with E-state index in [0.717, 1.165) is 55.0 Å². The van der Waals surface area contributed by atoms with Gasteiger partial charge in [-0.2, -0.15) is 0 Å². The summed E-state index contributed by atoms with van der Waals surface area (Å²) in [5.74, 6) is 2.53. The molecule has 1 unspecified atom stereocenters. The van der Waals surface area contributed by atoms with Crippen molar-refractivity contribution in [2.75, 3.05) is 31.6 Å². The number of hydrogen-bond acceptors (Lipinski definition) is 3. The topological polar surface area (TPSA) is 53.6 Å². The summed E-state index contributed by atoms with van der Waals surface area (Å²) >= 11 is 0. The maximum atomic E-state index is 12.4. The molecule has 2 N–H and O–H groups in total. The van der Waals surface area contributed by atoms with Crippen molar-refractivity contribution in [1.29, 1.82) is 0 Å². The fraction of sp³-hybridized carbons (Fsp3) is 0.588. The van der Waals surface area contributed by atoms with Crippen molar-refractivity contribution in [1.82, 2.24) is 10.2 Å². The van der Waals surface area contributed by atoms with E-state index in [1.54, 1.807) is 0 Å². The first-order chi connectivity index (χ1) is 10.8. The second-order valence-corrected chi connectivity index (χ2v) is 6.61. The zero-order valence-electron chi connectivity index (χ0n) is 12.8. The molecule has 118 valence electrons. The minimum atomic E-state index is 0.0330. The third-order valence-corrected chi connectivity index (χ3v) is 4.96. The molecule has 2 amide bonds. The van der Waals surface area contributed by atoms with Crippen LogP contribution in [0.2, 0.25) is 0 Å². The largest absolute Gasteiger partial charge is 0.492 e. The van der Waals surface area contributed by atoms with E-state index >= 15 is 0 Å². The Kier molecular flexibility index (Phi) is 3.66. The standard InChI is InChI=1S/C17H23N3O2/c21-17(20-7-5-13(11-20)12-1-2-12)19-15-3-4-16-14(9-15)10-18-6-8-22-16/h3-4,9,12-13,18H,1-2,5-8,10-11H2,(H,19,21). The third-order valence-electron chi connectivity index (χ3n) is 4.96. The van der Waals surface area contributed by atoms with Gasteiger partial charge in [-0.1, -0.05) is 0 Å². The van der Waals surface area contributed by atoms with Crippen LogP contribution in [0.3, 0.4) is 0 Å². The number of likely N-dealkylation sites (tertiary alicyclic amines) is 1. The fourth-order valence-corrected chi connectivity index (χ4v) is 3.52. The van der Waals surface area contributed by atoms with Gasteiger partial charge in [0, 0.05) is 37.4 Å². The molecule has 1 saturated heterocycles. The molecule has 0 bridgehead atoms. The van der Waals surface area contributed by atoms with Crippen LogP contribution in [0.25, 0.3) is 0 Å². The zero-order chi connectivity index (χ0) is 14.9. The van der Waals surface area contributed by atoms with Crippen LogP contribution in [-0.2, 0) is 6.54 Å². The van der Waals surface area contributed by atoms with E-state index in [2.05, 4.69) is 10.6 Å². The number of urea groups is 1. The summed E-state index contributed by atoms with van der Waals surface area (Å²) in [5, 5.41) is 6.35. The molecule has 1 aromatic rings. The van der Waals surface area contributed by atoms with Crippen molar-refractivity contribution in [2.45, 2.75) is 25.8 Å². The molecule has 1 atom stereocenters. The second-order valence-electron chi connectivity index (χ2n) is 6.61. The number of amides is 2. The Morgan fingerprint density at radius 2 is 2.18 bits per heavy atom. The van der Waals surface area contributed by atoms with Crippen LogP contribution in [0.1, 0.15) is 24.8 Å². The van der Waals surface area contributed by atoms with Gasteiger partial charge in [-0.25, -0.2) is 4.79 Å². The number of anilines is 1. The van der Waals surface area contributed by atoms with Gasteiger partial charge in [0.1, 0.15) is 12.4 Å². The SMILES string of the molecule is O=C(Nc1ccc2c(c1)CNCCO2)N1CCC(C2CC2)C1. The average Bonchev–Trinajstić information content (AvgIpc) is 3.30. The van der Waals surface area contributed by atoms with Gasteiger partial charge in [0.2, 0.25) is 0 Å². The van der Waals surface area contributed by atoms with Gasteiger partial charge in [-0.3, -0.25) is 0 Å². The van der Waals surface area contributed by atoms with Crippen LogP contribution in [0.15, 0.2) is 18.2 Å². The van der Waals surface area contributed by atoms with E-state index in [1.807, 2.05) is 23.1 Å². The first-order valence-corrected chi connectivity index (χ1v) is 8.32. The molecule has 0 aromatic heterocycles. The molecule has 5 nitrogen and oxygen atoms in total. The Bertz CT molecular complexity index is 571. The monoisotopic (exact) mass is 301 g/mol.